The Bertz CT molecular complexity index is 639. The molecule has 0 aliphatic carbocycles. The largest absolute Gasteiger partial charge is 0.411 e. The number of hydrogen-bond donors (Lipinski definition) is 1. The maximum atomic E-state index is 12.3. The predicted octanol–water partition coefficient (Wildman–Crippen LogP) is 4.71. The molecule has 1 atom stereocenters. The van der Waals surface area contributed by atoms with Crippen LogP contribution in [0.5, 0.6) is 0 Å². The second-order valence-corrected chi connectivity index (χ2v) is 6.23. The Labute approximate surface area is 142 Å². The first-order valence-electron chi connectivity index (χ1n) is 7.46. The van der Waals surface area contributed by atoms with Crippen LogP contribution in [0.25, 0.3) is 0 Å². The zero-order valence-corrected chi connectivity index (χ0v) is 13.9. The Kier molecular flexibility index (Phi) is 6.39. The van der Waals surface area contributed by atoms with E-state index in [-0.39, 0.29) is 18.6 Å². The van der Waals surface area contributed by atoms with Crippen LogP contribution < -0.4 is 5.32 Å². The van der Waals surface area contributed by atoms with Gasteiger partial charge in [-0.1, -0.05) is 25.1 Å². The molecule has 0 spiro atoms. The van der Waals surface area contributed by atoms with Crippen LogP contribution in [0.15, 0.2) is 41.8 Å². The third-order valence-corrected chi connectivity index (χ3v) is 4.34. The van der Waals surface area contributed by atoms with E-state index in [0.717, 1.165) is 11.3 Å². The summed E-state index contributed by atoms with van der Waals surface area (Å²) in [6.07, 6.45) is -3.56. The van der Waals surface area contributed by atoms with Crippen molar-refractivity contribution in [3.05, 3.63) is 57.8 Å². The summed E-state index contributed by atoms with van der Waals surface area (Å²) < 4.78 is 40.7. The van der Waals surface area contributed by atoms with Gasteiger partial charge in [0.25, 0.3) is 5.91 Å². The number of ether oxygens (including phenoxy) is 1. The summed E-state index contributed by atoms with van der Waals surface area (Å²) in [7, 11) is 0. The van der Waals surface area contributed by atoms with E-state index in [2.05, 4.69) is 10.1 Å². The van der Waals surface area contributed by atoms with Crippen LogP contribution in [0.1, 0.15) is 40.2 Å². The molecule has 1 aromatic carbocycles. The Morgan fingerprint density at radius 1 is 1.25 bits per heavy atom. The molecule has 2 aromatic rings. The van der Waals surface area contributed by atoms with E-state index in [9.17, 15) is 18.0 Å². The maximum absolute atomic E-state index is 12.3. The molecule has 1 N–H and O–H groups in total. The highest BCUT2D eigenvalue weighted by molar-refractivity contribution is 7.10. The lowest BCUT2D eigenvalue weighted by Crippen LogP contribution is -2.27. The van der Waals surface area contributed by atoms with E-state index in [1.54, 1.807) is 35.6 Å². The molecule has 0 aliphatic rings. The Morgan fingerprint density at radius 3 is 2.50 bits per heavy atom. The number of alkyl halides is 3. The lowest BCUT2D eigenvalue weighted by atomic mass is 10.1. The zero-order chi connectivity index (χ0) is 17.6. The first-order valence-corrected chi connectivity index (χ1v) is 8.34. The molecule has 130 valence electrons. The minimum absolute atomic E-state index is 0.0488. The molecule has 2 rings (SSSR count). The summed E-state index contributed by atoms with van der Waals surface area (Å²) in [6, 6.07) is 10.2. The van der Waals surface area contributed by atoms with Crippen molar-refractivity contribution < 1.29 is 22.7 Å². The van der Waals surface area contributed by atoms with Crippen LogP contribution in [-0.2, 0) is 11.3 Å². The van der Waals surface area contributed by atoms with Gasteiger partial charge in [0.15, 0.2) is 0 Å². The normalized spacial score (nSPS) is 12.8. The maximum Gasteiger partial charge on any atom is 0.411 e. The van der Waals surface area contributed by atoms with Crippen LogP contribution >= 0.6 is 11.3 Å². The number of amides is 1. The fourth-order valence-electron chi connectivity index (χ4n) is 2.14. The molecule has 0 saturated heterocycles. The molecule has 1 heterocycles. The number of hydrogen-bond acceptors (Lipinski definition) is 3. The summed E-state index contributed by atoms with van der Waals surface area (Å²) in [4.78, 5) is 13.4. The number of nitrogens with one attached hydrogen (secondary N) is 1. The summed E-state index contributed by atoms with van der Waals surface area (Å²) in [6.45, 7) is 0.564. The van der Waals surface area contributed by atoms with Crippen molar-refractivity contribution in [3.63, 3.8) is 0 Å². The van der Waals surface area contributed by atoms with Crippen molar-refractivity contribution in [2.24, 2.45) is 0 Å². The first-order chi connectivity index (χ1) is 11.4. The molecule has 3 nitrogen and oxygen atoms in total. The second-order valence-electron chi connectivity index (χ2n) is 5.25. The highest BCUT2D eigenvalue weighted by atomic mass is 32.1. The van der Waals surface area contributed by atoms with E-state index in [1.807, 2.05) is 24.4 Å². The number of halogens is 3. The summed E-state index contributed by atoms with van der Waals surface area (Å²) in [5.74, 6) is -0.210. The molecule has 0 bridgehead atoms. The average Bonchev–Trinajstić information content (AvgIpc) is 3.06. The van der Waals surface area contributed by atoms with Crippen molar-refractivity contribution in [3.8, 4) is 0 Å². The summed E-state index contributed by atoms with van der Waals surface area (Å²) >= 11 is 1.58. The Balaban J connectivity index is 1.91. The molecule has 7 heteroatoms. The Hall–Kier alpha value is -1.86. The van der Waals surface area contributed by atoms with Crippen molar-refractivity contribution >= 4 is 17.2 Å². The van der Waals surface area contributed by atoms with Crippen LogP contribution in [0.3, 0.4) is 0 Å². The average molecular weight is 357 g/mol. The van der Waals surface area contributed by atoms with Crippen LogP contribution in [-0.4, -0.2) is 18.7 Å². The first kappa shape index (κ1) is 18.5. The van der Waals surface area contributed by atoms with Gasteiger partial charge in [0.2, 0.25) is 0 Å². The summed E-state index contributed by atoms with van der Waals surface area (Å²) in [5, 5.41) is 4.92. The van der Waals surface area contributed by atoms with Gasteiger partial charge in [0.05, 0.1) is 12.6 Å². The molecule has 0 radical (unpaired) electrons. The standard InChI is InChI=1S/C17H18F3NO2S/c1-2-14(15-4-3-9-24-15)21-16(22)13-7-5-12(6-8-13)10-23-11-17(18,19)20/h3-9,14H,2,10-11H2,1H3,(H,21,22). The molecule has 1 aromatic heterocycles. The van der Waals surface area contributed by atoms with E-state index in [4.69, 9.17) is 0 Å². The van der Waals surface area contributed by atoms with Gasteiger partial charge in [-0.2, -0.15) is 13.2 Å². The fraction of sp³-hybridized carbons (Fsp3) is 0.353. The smallest absolute Gasteiger partial charge is 0.367 e. The number of carbonyl (C=O) groups excluding carboxylic acids is 1. The van der Waals surface area contributed by atoms with Gasteiger partial charge in [-0.25, -0.2) is 0 Å². The fourth-order valence-corrected chi connectivity index (χ4v) is 3.00. The number of thiophene rings is 1. The van der Waals surface area contributed by atoms with E-state index < -0.39 is 12.8 Å². The highest BCUT2D eigenvalue weighted by Gasteiger charge is 2.27. The van der Waals surface area contributed by atoms with Crippen molar-refractivity contribution in [2.45, 2.75) is 32.2 Å². The molecular weight excluding hydrogens is 339 g/mol. The van der Waals surface area contributed by atoms with Crippen molar-refractivity contribution in [1.29, 1.82) is 0 Å². The molecular formula is C17H18F3NO2S. The zero-order valence-electron chi connectivity index (χ0n) is 13.1. The van der Waals surface area contributed by atoms with Gasteiger partial charge >= 0.3 is 6.18 Å². The van der Waals surface area contributed by atoms with Crippen LogP contribution in [0.2, 0.25) is 0 Å². The van der Waals surface area contributed by atoms with Gasteiger partial charge < -0.3 is 10.1 Å². The predicted molar refractivity (Wildman–Crippen MR) is 87.0 cm³/mol. The van der Waals surface area contributed by atoms with Crippen molar-refractivity contribution in [2.75, 3.05) is 6.61 Å². The van der Waals surface area contributed by atoms with E-state index in [0.29, 0.717) is 11.1 Å². The van der Waals surface area contributed by atoms with Crippen LogP contribution in [0, 0.1) is 0 Å². The highest BCUT2D eigenvalue weighted by Crippen LogP contribution is 2.22. The lowest BCUT2D eigenvalue weighted by Gasteiger charge is -2.15. The third-order valence-electron chi connectivity index (χ3n) is 3.35. The molecule has 1 unspecified atom stereocenters. The van der Waals surface area contributed by atoms with Gasteiger partial charge in [-0.05, 0) is 35.6 Å². The number of benzene rings is 1. The molecule has 0 fully saturated rings. The quantitative estimate of drug-likeness (QED) is 0.779. The minimum atomic E-state index is -4.34. The number of rotatable bonds is 7. The van der Waals surface area contributed by atoms with Crippen molar-refractivity contribution in [1.82, 2.24) is 5.32 Å². The molecule has 0 aliphatic heterocycles. The molecule has 1 amide bonds. The Morgan fingerprint density at radius 2 is 1.96 bits per heavy atom. The van der Waals surface area contributed by atoms with Gasteiger partial charge in [-0.15, -0.1) is 11.3 Å². The minimum Gasteiger partial charge on any atom is -0.367 e. The van der Waals surface area contributed by atoms with Crippen LogP contribution in [0.4, 0.5) is 13.2 Å². The number of carbonyl (C=O) groups is 1. The third kappa shape index (κ3) is 5.65. The van der Waals surface area contributed by atoms with E-state index >= 15 is 0 Å². The van der Waals surface area contributed by atoms with E-state index in [1.165, 1.54) is 0 Å². The monoisotopic (exact) mass is 357 g/mol. The second kappa shape index (κ2) is 8.30. The lowest BCUT2D eigenvalue weighted by molar-refractivity contribution is -0.176. The SMILES string of the molecule is CCC(NC(=O)c1ccc(COCC(F)(F)F)cc1)c1cccs1. The van der Waals surface area contributed by atoms with Gasteiger partial charge in [0.1, 0.15) is 6.61 Å². The summed E-state index contributed by atoms with van der Waals surface area (Å²) in [5.41, 5.74) is 1.05. The topological polar surface area (TPSA) is 38.3 Å². The van der Waals surface area contributed by atoms with Gasteiger partial charge in [0, 0.05) is 10.4 Å². The van der Waals surface area contributed by atoms with Gasteiger partial charge in [-0.3, -0.25) is 4.79 Å². The molecule has 24 heavy (non-hydrogen) atoms. The molecule has 0 saturated carbocycles.